The van der Waals surface area contributed by atoms with Crippen molar-refractivity contribution in [3.8, 4) is 5.75 Å². The quantitative estimate of drug-likeness (QED) is 0.727. The van der Waals surface area contributed by atoms with Crippen molar-refractivity contribution in [3.05, 3.63) is 58.3 Å². The summed E-state index contributed by atoms with van der Waals surface area (Å²) in [4.78, 5) is 33.7. The van der Waals surface area contributed by atoms with Gasteiger partial charge in [0.1, 0.15) is 5.75 Å². The summed E-state index contributed by atoms with van der Waals surface area (Å²) in [6, 6.07) is 9.23. The highest BCUT2D eigenvalue weighted by atomic mass is 16.5. The van der Waals surface area contributed by atoms with Crippen LogP contribution in [0.3, 0.4) is 0 Å². The number of benzene rings is 1. The summed E-state index contributed by atoms with van der Waals surface area (Å²) in [6.45, 7) is 1.90. The molecule has 1 aromatic carbocycles. The van der Waals surface area contributed by atoms with Crippen molar-refractivity contribution in [1.82, 2.24) is 25.7 Å². The van der Waals surface area contributed by atoms with Crippen molar-refractivity contribution in [3.63, 3.8) is 0 Å². The second-order valence-electron chi connectivity index (χ2n) is 7.35. The van der Waals surface area contributed by atoms with Gasteiger partial charge in [0.05, 0.1) is 31.1 Å². The number of H-pyrrole nitrogens is 1. The Labute approximate surface area is 163 Å². The van der Waals surface area contributed by atoms with Gasteiger partial charge in [-0.3, -0.25) is 15.0 Å². The molecule has 0 saturated carbocycles. The Morgan fingerprint density at radius 3 is 3.04 bits per heavy atom. The second-order valence-corrected chi connectivity index (χ2v) is 7.35. The second kappa shape index (κ2) is 8.12. The molecule has 1 aromatic heterocycles. The van der Waals surface area contributed by atoms with E-state index in [9.17, 15) is 9.59 Å². The highest BCUT2D eigenvalue weighted by Crippen LogP contribution is 2.31. The fourth-order valence-corrected chi connectivity index (χ4v) is 4.14. The number of hydrogen-bond acceptors (Lipinski definition) is 6. The van der Waals surface area contributed by atoms with Gasteiger partial charge in [0.15, 0.2) is 0 Å². The molecule has 3 heterocycles. The van der Waals surface area contributed by atoms with Crippen molar-refractivity contribution in [2.24, 2.45) is 5.92 Å². The van der Waals surface area contributed by atoms with E-state index < -0.39 is 0 Å². The number of likely N-dealkylation sites (tertiary alicyclic amines) is 1. The molecule has 0 bridgehead atoms. The summed E-state index contributed by atoms with van der Waals surface area (Å²) in [5.74, 6) is 0.797. The summed E-state index contributed by atoms with van der Waals surface area (Å²) in [5.41, 5.74) is 7.99. The Morgan fingerprint density at radius 1 is 1.32 bits per heavy atom. The molecule has 4 rings (SSSR count). The van der Waals surface area contributed by atoms with Crippen molar-refractivity contribution in [2.45, 2.75) is 24.8 Å². The van der Waals surface area contributed by atoms with Gasteiger partial charge in [-0.05, 0) is 30.5 Å². The molecule has 8 nitrogen and oxygen atoms in total. The predicted octanol–water partition coefficient (Wildman–Crippen LogP) is 0.950. The molecule has 0 radical (unpaired) electrons. The van der Waals surface area contributed by atoms with Gasteiger partial charge < -0.3 is 14.6 Å². The van der Waals surface area contributed by atoms with E-state index in [0.717, 1.165) is 36.4 Å². The van der Waals surface area contributed by atoms with Gasteiger partial charge >= 0.3 is 0 Å². The van der Waals surface area contributed by atoms with Crippen LogP contribution in [0.25, 0.3) is 0 Å². The average Bonchev–Trinajstić information content (AvgIpc) is 3.23. The predicted molar refractivity (Wildman–Crippen MR) is 104 cm³/mol. The summed E-state index contributed by atoms with van der Waals surface area (Å²) in [5, 5.41) is 0. The smallest absolute Gasteiger partial charge is 0.250 e. The van der Waals surface area contributed by atoms with Gasteiger partial charge in [-0.1, -0.05) is 12.1 Å². The molecule has 2 aliphatic heterocycles. The van der Waals surface area contributed by atoms with Crippen LogP contribution in [0.2, 0.25) is 0 Å². The highest BCUT2D eigenvalue weighted by molar-refractivity contribution is 5.80. The molecule has 3 unspecified atom stereocenters. The number of methoxy groups -OCH3 is 1. The number of hydrazine groups is 1. The van der Waals surface area contributed by atoms with E-state index in [2.05, 4.69) is 20.8 Å². The fourth-order valence-electron chi connectivity index (χ4n) is 4.14. The maximum Gasteiger partial charge on any atom is 0.250 e. The van der Waals surface area contributed by atoms with Crippen LogP contribution in [0.15, 0.2) is 41.5 Å². The largest absolute Gasteiger partial charge is 0.497 e. The van der Waals surface area contributed by atoms with Crippen LogP contribution in [0.5, 0.6) is 5.75 Å². The van der Waals surface area contributed by atoms with E-state index in [1.807, 2.05) is 29.2 Å². The molecule has 3 N–H and O–H groups in total. The molecule has 8 heteroatoms. The van der Waals surface area contributed by atoms with Crippen LogP contribution >= 0.6 is 0 Å². The molecule has 2 fully saturated rings. The number of nitrogens with one attached hydrogen (secondary N) is 3. The Hall–Kier alpha value is -2.71. The monoisotopic (exact) mass is 383 g/mol. The number of nitrogens with zero attached hydrogens (tertiary/aromatic N) is 2. The van der Waals surface area contributed by atoms with E-state index in [4.69, 9.17) is 4.74 Å². The zero-order chi connectivity index (χ0) is 19.5. The number of piperidine rings is 1. The molecular weight excluding hydrogens is 358 g/mol. The highest BCUT2D eigenvalue weighted by Gasteiger charge is 2.38. The average molecular weight is 383 g/mol. The molecule has 148 valence electrons. The minimum Gasteiger partial charge on any atom is -0.497 e. The number of aromatic amines is 1. The third-order valence-corrected chi connectivity index (χ3v) is 5.60. The number of carbonyl (C=O) groups excluding carboxylic acids is 1. The van der Waals surface area contributed by atoms with E-state index in [-0.39, 0.29) is 29.3 Å². The molecule has 2 saturated heterocycles. The first-order valence-electron chi connectivity index (χ1n) is 9.61. The molecule has 2 aliphatic rings. The van der Waals surface area contributed by atoms with Gasteiger partial charge in [0.25, 0.3) is 5.56 Å². The number of carbonyl (C=O) groups is 1. The third kappa shape index (κ3) is 3.79. The first-order valence-corrected chi connectivity index (χ1v) is 9.61. The first-order chi connectivity index (χ1) is 13.7. The topological polar surface area (TPSA) is 99.4 Å². The van der Waals surface area contributed by atoms with Gasteiger partial charge in [-0.25, -0.2) is 10.4 Å². The van der Waals surface area contributed by atoms with Crippen molar-refractivity contribution >= 4 is 5.91 Å². The van der Waals surface area contributed by atoms with Crippen LogP contribution in [0, 0.1) is 5.92 Å². The van der Waals surface area contributed by atoms with E-state index in [1.165, 1.54) is 12.4 Å². The Morgan fingerprint density at radius 2 is 2.21 bits per heavy atom. The van der Waals surface area contributed by atoms with Crippen LogP contribution < -0.4 is 21.1 Å². The molecule has 1 amide bonds. The lowest BCUT2D eigenvalue weighted by molar-refractivity contribution is -0.136. The number of rotatable bonds is 4. The van der Waals surface area contributed by atoms with E-state index in [0.29, 0.717) is 13.1 Å². The van der Waals surface area contributed by atoms with Crippen LogP contribution in [0.1, 0.15) is 36.1 Å². The lowest BCUT2D eigenvalue weighted by Gasteiger charge is -2.35. The lowest BCUT2D eigenvalue weighted by atomic mass is 9.90. The van der Waals surface area contributed by atoms with Crippen LogP contribution in [0.4, 0.5) is 0 Å². The number of aromatic nitrogens is 2. The lowest BCUT2D eigenvalue weighted by Crippen LogP contribution is -2.44. The number of amides is 1. The maximum atomic E-state index is 13.3. The Bertz CT molecular complexity index is 899. The third-order valence-electron chi connectivity index (χ3n) is 5.60. The Kier molecular flexibility index (Phi) is 5.40. The normalized spacial score (nSPS) is 24.9. The van der Waals surface area contributed by atoms with Crippen molar-refractivity contribution in [2.75, 3.05) is 26.7 Å². The molecule has 3 atom stereocenters. The Balaban J connectivity index is 1.50. The summed E-state index contributed by atoms with van der Waals surface area (Å²) < 4.78 is 5.32. The molecule has 0 aliphatic carbocycles. The van der Waals surface area contributed by atoms with Gasteiger partial charge in [-0.15, -0.1) is 0 Å². The zero-order valence-electron chi connectivity index (χ0n) is 15.9. The maximum absolute atomic E-state index is 13.3. The van der Waals surface area contributed by atoms with Gasteiger partial charge in [-0.2, -0.15) is 0 Å². The standard InChI is InChI=1S/C20H25N5O3/c1-28-15-6-2-4-13(8-15)19-16(10-23-24-19)20(27)25-7-3-5-14(11-25)17-9-18(26)22-12-21-17/h2,4,6,8-9,12,14,16,19,23-24H,3,5,7,10-11H2,1H3,(H,21,22,26). The van der Waals surface area contributed by atoms with Gasteiger partial charge in [0, 0.05) is 31.6 Å². The SMILES string of the molecule is COc1cccc(C2NNCC2C(=O)N2CCCC(c3cc(=O)[nH]cn3)C2)c1. The van der Waals surface area contributed by atoms with Crippen molar-refractivity contribution < 1.29 is 9.53 Å². The summed E-state index contributed by atoms with van der Waals surface area (Å²) >= 11 is 0. The number of ether oxygens (including phenoxy) is 1. The van der Waals surface area contributed by atoms with Gasteiger partial charge in [0.2, 0.25) is 5.91 Å². The molecule has 0 spiro atoms. The summed E-state index contributed by atoms with van der Waals surface area (Å²) in [7, 11) is 1.64. The molecule has 2 aromatic rings. The minimum absolute atomic E-state index is 0.0950. The van der Waals surface area contributed by atoms with Crippen LogP contribution in [-0.2, 0) is 4.79 Å². The zero-order valence-corrected chi connectivity index (χ0v) is 15.9. The molecular formula is C20H25N5O3. The van der Waals surface area contributed by atoms with Crippen LogP contribution in [-0.4, -0.2) is 47.5 Å². The van der Waals surface area contributed by atoms with E-state index in [1.54, 1.807) is 7.11 Å². The fraction of sp³-hybridized carbons (Fsp3) is 0.450. The first kappa shape index (κ1) is 18.6. The molecule has 28 heavy (non-hydrogen) atoms. The number of hydrogen-bond donors (Lipinski definition) is 3. The summed E-state index contributed by atoms with van der Waals surface area (Å²) in [6.07, 6.45) is 3.27. The van der Waals surface area contributed by atoms with Crippen molar-refractivity contribution in [1.29, 1.82) is 0 Å². The minimum atomic E-state index is -0.196. The van der Waals surface area contributed by atoms with E-state index >= 15 is 0 Å².